The summed E-state index contributed by atoms with van der Waals surface area (Å²) < 4.78 is -2.17. The molecule has 0 aromatic carbocycles. The third-order valence-corrected chi connectivity index (χ3v) is 1.56. The lowest BCUT2D eigenvalue weighted by atomic mass is 10.3. The molecule has 7 heteroatoms. The highest BCUT2D eigenvalue weighted by Gasteiger charge is 2.32. The first-order chi connectivity index (χ1) is 5.79. The second kappa shape index (κ2) is 4.69. The number of hydrogen-bond acceptors (Lipinski definition) is 2. The lowest BCUT2D eigenvalue weighted by Gasteiger charge is -2.14. The SMILES string of the molecule is C=CC(NC(=O)C(Cl)(Cl)Cl)C(=O)O. The van der Waals surface area contributed by atoms with Crippen LogP contribution in [-0.2, 0) is 9.59 Å². The number of aliphatic carboxylic acids is 1. The second-order valence-electron chi connectivity index (χ2n) is 2.02. The Bertz CT molecular complexity index is 236. The van der Waals surface area contributed by atoms with Crippen molar-refractivity contribution in [2.75, 3.05) is 0 Å². The van der Waals surface area contributed by atoms with Gasteiger partial charge in [0.05, 0.1) is 0 Å². The van der Waals surface area contributed by atoms with E-state index in [9.17, 15) is 9.59 Å². The van der Waals surface area contributed by atoms with Crippen LogP contribution in [0.25, 0.3) is 0 Å². The van der Waals surface area contributed by atoms with E-state index < -0.39 is 21.7 Å². The molecule has 0 heterocycles. The van der Waals surface area contributed by atoms with Crippen LogP contribution in [0.15, 0.2) is 12.7 Å². The van der Waals surface area contributed by atoms with Crippen molar-refractivity contribution in [3.8, 4) is 0 Å². The summed E-state index contributed by atoms with van der Waals surface area (Å²) in [6.07, 6.45) is 1.01. The average molecular weight is 246 g/mol. The molecule has 0 aromatic heterocycles. The minimum absolute atomic E-state index is 1.01. The lowest BCUT2D eigenvalue weighted by Crippen LogP contribution is -2.44. The smallest absolute Gasteiger partial charge is 0.330 e. The van der Waals surface area contributed by atoms with E-state index >= 15 is 0 Å². The van der Waals surface area contributed by atoms with Crippen molar-refractivity contribution in [2.24, 2.45) is 0 Å². The normalized spacial score (nSPS) is 13.2. The molecule has 0 saturated carbocycles. The number of carbonyl (C=O) groups is 2. The van der Waals surface area contributed by atoms with Gasteiger partial charge in [0.2, 0.25) is 0 Å². The fraction of sp³-hybridized carbons (Fsp3) is 0.333. The monoisotopic (exact) mass is 245 g/mol. The number of carboxylic acid groups (broad SMARTS) is 1. The quantitative estimate of drug-likeness (QED) is 0.579. The molecule has 0 aliphatic rings. The molecule has 0 fully saturated rings. The molecular weight excluding hydrogens is 240 g/mol. The van der Waals surface area contributed by atoms with Crippen molar-refractivity contribution in [1.82, 2.24) is 5.32 Å². The second-order valence-corrected chi connectivity index (χ2v) is 4.30. The summed E-state index contributed by atoms with van der Waals surface area (Å²) in [5.41, 5.74) is 0. The van der Waals surface area contributed by atoms with Gasteiger partial charge in [-0.25, -0.2) is 4.79 Å². The molecule has 0 saturated heterocycles. The summed E-state index contributed by atoms with van der Waals surface area (Å²) in [4.78, 5) is 21.3. The minimum atomic E-state index is -2.17. The largest absolute Gasteiger partial charge is 0.479 e. The predicted octanol–water partition coefficient (Wildman–Crippen LogP) is 1.11. The summed E-state index contributed by atoms with van der Waals surface area (Å²) in [5.74, 6) is -2.29. The number of amides is 1. The molecule has 0 radical (unpaired) electrons. The first-order valence-corrected chi connectivity index (χ1v) is 4.15. The van der Waals surface area contributed by atoms with E-state index in [0.29, 0.717) is 0 Å². The zero-order chi connectivity index (χ0) is 10.6. The molecule has 0 spiro atoms. The summed E-state index contributed by atoms with van der Waals surface area (Å²) in [6, 6.07) is -1.26. The van der Waals surface area contributed by atoms with E-state index in [4.69, 9.17) is 39.9 Å². The number of nitrogens with one attached hydrogen (secondary N) is 1. The number of halogens is 3. The van der Waals surface area contributed by atoms with Gasteiger partial charge in [-0.3, -0.25) is 4.79 Å². The molecule has 4 nitrogen and oxygen atoms in total. The maximum atomic E-state index is 10.9. The van der Waals surface area contributed by atoms with Gasteiger partial charge in [-0.05, 0) is 0 Å². The van der Waals surface area contributed by atoms with Crippen LogP contribution in [0, 0.1) is 0 Å². The summed E-state index contributed by atoms with van der Waals surface area (Å²) in [7, 11) is 0. The molecule has 74 valence electrons. The molecule has 13 heavy (non-hydrogen) atoms. The van der Waals surface area contributed by atoms with E-state index in [0.717, 1.165) is 6.08 Å². The van der Waals surface area contributed by atoms with E-state index in [2.05, 4.69) is 6.58 Å². The van der Waals surface area contributed by atoms with Crippen LogP contribution in [0.4, 0.5) is 0 Å². The molecule has 1 unspecified atom stereocenters. The van der Waals surface area contributed by atoms with Gasteiger partial charge in [0.1, 0.15) is 6.04 Å². The van der Waals surface area contributed by atoms with Crippen molar-refractivity contribution in [2.45, 2.75) is 9.83 Å². The van der Waals surface area contributed by atoms with Gasteiger partial charge in [-0.2, -0.15) is 0 Å². The molecule has 0 aliphatic heterocycles. The van der Waals surface area contributed by atoms with Crippen LogP contribution < -0.4 is 5.32 Å². The molecule has 0 rings (SSSR count). The highest BCUT2D eigenvalue weighted by molar-refractivity contribution is 6.76. The Kier molecular flexibility index (Phi) is 4.53. The Morgan fingerprint density at radius 3 is 2.15 bits per heavy atom. The van der Waals surface area contributed by atoms with Crippen LogP contribution in [-0.4, -0.2) is 26.8 Å². The highest BCUT2D eigenvalue weighted by Crippen LogP contribution is 2.25. The van der Waals surface area contributed by atoms with Crippen molar-refractivity contribution in [3.05, 3.63) is 12.7 Å². The Labute approximate surface area is 89.5 Å². The number of hydrogen-bond donors (Lipinski definition) is 2. The number of rotatable bonds is 3. The highest BCUT2D eigenvalue weighted by atomic mass is 35.6. The van der Waals surface area contributed by atoms with Gasteiger partial charge < -0.3 is 10.4 Å². The van der Waals surface area contributed by atoms with Gasteiger partial charge in [0.15, 0.2) is 0 Å². The van der Waals surface area contributed by atoms with Gasteiger partial charge in [0.25, 0.3) is 9.70 Å². The van der Waals surface area contributed by atoms with Crippen LogP contribution in [0.1, 0.15) is 0 Å². The molecule has 1 amide bonds. The number of alkyl halides is 3. The standard InChI is InChI=1S/C6H6Cl3NO3/c1-2-3(4(11)12)10-5(13)6(7,8)9/h2-3H,1H2,(H,10,13)(H,11,12). The van der Waals surface area contributed by atoms with E-state index in [-0.39, 0.29) is 0 Å². The van der Waals surface area contributed by atoms with Gasteiger partial charge >= 0.3 is 5.97 Å². The van der Waals surface area contributed by atoms with Crippen LogP contribution in [0.5, 0.6) is 0 Å². The molecular formula is C6H6Cl3NO3. The first-order valence-electron chi connectivity index (χ1n) is 3.02. The fourth-order valence-electron chi connectivity index (χ4n) is 0.445. The zero-order valence-corrected chi connectivity index (χ0v) is 8.53. The van der Waals surface area contributed by atoms with Crippen LogP contribution in [0.3, 0.4) is 0 Å². The lowest BCUT2D eigenvalue weighted by molar-refractivity contribution is -0.140. The maximum absolute atomic E-state index is 10.9. The minimum Gasteiger partial charge on any atom is -0.479 e. The number of carbonyl (C=O) groups excluding carboxylic acids is 1. The summed E-state index contributed by atoms with van der Waals surface area (Å²) in [5, 5.41) is 10.4. The Morgan fingerprint density at radius 2 is 1.92 bits per heavy atom. The average Bonchev–Trinajstić information content (AvgIpc) is 1.96. The maximum Gasteiger partial charge on any atom is 0.330 e. The van der Waals surface area contributed by atoms with Crippen LogP contribution >= 0.6 is 34.8 Å². The van der Waals surface area contributed by atoms with E-state index in [1.807, 2.05) is 5.32 Å². The first kappa shape index (κ1) is 12.6. The zero-order valence-electron chi connectivity index (χ0n) is 6.26. The van der Waals surface area contributed by atoms with Crippen molar-refractivity contribution < 1.29 is 14.7 Å². The van der Waals surface area contributed by atoms with Crippen LogP contribution in [0.2, 0.25) is 0 Å². The Balaban J connectivity index is 4.35. The molecule has 0 bridgehead atoms. The topological polar surface area (TPSA) is 66.4 Å². The summed E-state index contributed by atoms with van der Waals surface area (Å²) >= 11 is 15.5. The van der Waals surface area contributed by atoms with E-state index in [1.165, 1.54) is 0 Å². The Morgan fingerprint density at radius 1 is 1.46 bits per heavy atom. The van der Waals surface area contributed by atoms with Gasteiger partial charge in [-0.15, -0.1) is 6.58 Å². The molecule has 1 atom stereocenters. The molecule has 0 aliphatic carbocycles. The Hall–Kier alpha value is -0.450. The third-order valence-electron chi connectivity index (χ3n) is 1.05. The fourth-order valence-corrected chi connectivity index (χ4v) is 0.608. The molecule has 0 aromatic rings. The summed E-state index contributed by atoms with van der Waals surface area (Å²) in [6.45, 7) is 3.19. The third kappa shape index (κ3) is 4.36. The predicted molar refractivity (Wildman–Crippen MR) is 50.1 cm³/mol. The number of carboxylic acids is 1. The van der Waals surface area contributed by atoms with Gasteiger partial charge in [-0.1, -0.05) is 40.9 Å². The van der Waals surface area contributed by atoms with Crippen molar-refractivity contribution in [3.63, 3.8) is 0 Å². The molecule has 2 N–H and O–H groups in total. The van der Waals surface area contributed by atoms with Crippen molar-refractivity contribution >= 4 is 46.7 Å². The van der Waals surface area contributed by atoms with Crippen molar-refractivity contribution in [1.29, 1.82) is 0 Å². The van der Waals surface area contributed by atoms with Gasteiger partial charge in [0, 0.05) is 0 Å². The van der Waals surface area contributed by atoms with E-state index in [1.54, 1.807) is 0 Å².